The van der Waals surface area contributed by atoms with Crippen molar-refractivity contribution in [2.45, 2.75) is 147 Å². The van der Waals surface area contributed by atoms with Gasteiger partial charge in [-0.1, -0.05) is 13.8 Å². The number of hydrogen-bond donors (Lipinski definition) is 2. The van der Waals surface area contributed by atoms with Crippen molar-refractivity contribution in [3.05, 3.63) is 29.6 Å². The molecule has 4 fully saturated rings. The lowest BCUT2D eigenvalue weighted by atomic mass is 9.45. The Hall–Kier alpha value is -6.07. The number of hydrogen-bond acceptors (Lipinski definition) is 23. The third kappa shape index (κ3) is 8.34. The smallest absolute Gasteiger partial charge is 0.340 e. The van der Waals surface area contributed by atoms with Crippen LogP contribution in [-0.4, -0.2) is 154 Å². The lowest BCUT2D eigenvalue weighted by Crippen LogP contribution is -2.89. The highest BCUT2D eigenvalue weighted by atomic mass is 16.7. The summed E-state index contributed by atoms with van der Waals surface area (Å²) in [6, 6.07) is 1.32. The average Bonchev–Trinajstić information content (AvgIpc) is 3.48. The average molecular weight is 962 g/mol. The fourth-order valence-electron chi connectivity index (χ4n) is 10.6. The molecule has 2 saturated heterocycles. The summed E-state index contributed by atoms with van der Waals surface area (Å²) in [5.41, 5.74) is -14.2. The van der Waals surface area contributed by atoms with Crippen LogP contribution in [-0.2, 0) is 90.5 Å². The van der Waals surface area contributed by atoms with Crippen LogP contribution in [0.5, 0.6) is 0 Å². The van der Waals surface area contributed by atoms with Crippen LogP contribution in [0.15, 0.2) is 18.5 Å². The Labute approximate surface area is 389 Å². The van der Waals surface area contributed by atoms with E-state index in [1.165, 1.54) is 33.0 Å². The first-order valence-corrected chi connectivity index (χ1v) is 21.7. The third-order valence-corrected chi connectivity index (χ3v) is 14.0. The number of carbonyl (C=O) groups is 10. The fraction of sp³-hybridized carbons (Fsp3) is 0.667. The summed E-state index contributed by atoms with van der Waals surface area (Å²) >= 11 is 0. The molecule has 2 aliphatic carbocycles. The zero-order chi connectivity index (χ0) is 50.6. The number of carbonyl (C=O) groups excluding carboxylic acids is 10. The third-order valence-electron chi connectivity index (χ3n) is 14.0. The number of ketones is 1. The summed E-state index contributed by atoms with van der Waals surface area (Å²) in [6.07, 6.45) is -12.8. The molecule has 68 heavy (non-hydrogen) atoms. The Morgan fingerprint density at radius 1 is 0.794 bits per heavy atom. The largest absolute Gasteiger partial charge is 0.469 e. The number of fused-ring (bicyclic) bond motifs is 7. The first-order chi connectivity index (χ1) is 31.6. The molecule has 5 aliphatic rings. The van der Waals surface area contributed by atoms with E-state index in [0.29, 0.717) is 0 Å². The van der Waals surface area contributed by atoms with Crippen LogP contribution < -0.4 is 0 Å². The van der Waals surface area contributed by atoms with E-state index in [1.807, 2.05) is 0 Å². The number of esters is 9. The van der Waals surface area contributed by atoms with Crippen LogP contribution in [0, 0.1) is 23.2 Å². The monoisotopic (exact) mass is 961 g/mol. The summed E-state index contributed by atoms with van der Waals surface area (Å²) in [4.78, 5) is 143. The zero-order valence-corrected chi connectivity index (χ0v) is 39.0. The summed E-state index contributed by atoms with van der Waals surface area (Å²) in [7, 11) is 0.992. The number of rotatable bonds is 6. The number of methoxy groups -OCH3 is 1. The van der Waals surface area contributed by atoms with Crippen molar-refractivity contribution in [2.75, 3.05) is 20.3 Å². The maximum Gasteiger partial charge on any atom is 0.340 e. The van der Waals surface area contributed by atoms with E-state index >= 15 is 0 Å². The molecule has 2 saturated carbocycles. The number of pyridine rings is 1. The second-order valence-electron chi connectivity index (χ2n) is 18.5. The Kier molecular flexibility index (Phi) is 13.9. The predicted octanol–water partition coefficient (Wildman–Crippen LogP) is 0.287. The molecule has 0 aromatic carbocycles. The minimum atomic E-state index is -3.10. The summed E-state index contributed by atoms with van der Waals surface area (Å²) in [5.74, 6) is -18.1. The first kappa shape index (κ1) is 51.3. The molecule has 2 N–H and O–H groups in total. The molecule has 3 aliphatic heterocycles. The van der Waals surface area contributed by atoms with E-state index in [4.69, 9.17) is 47.4 Å². The van der Waals surface area contributed by atoms with Gasteiger partial charge in [-0.3, -0.25) is 43.3 Å². The van der Waals surface area contributed by atoms with Crippen molar-refractivity contribution < 1.29 is 106 Å². The van der Waals surface area contributed by atoms with Gasteiger partial charge in [-0.05, 0) is 38.8 Å². The second kappa shape index (κ2) is 18.4. The molecule has 1 aromatic rings. The Bertz CT molecular complexity index is 2290. The lowest BCUT2D eigenvalue weighted by Gasteiger charge is -2.67. The first-order valence-electron chi connectivity index (χ1n) is 21.7. The number of aromatic nitrogens is 1. The Morgan fingerprint density at radius 2 is 1.40 bits per heavy atom. The molecule has 6 bridgehead atoms. The van der Waals surface area contributed by atoms with Crippen molar-refractivity contribution in [3.63, 3.8) is 0 Å². The highest BCUT2D eigenvalue weighted by Gasteiger charge is 2.92. The Morgan fingerprint density at radius 3 is 2.00 bits per heavy atom. The molecular formula is C45H55NO22. The SMILES string of the molecule is COC(=O)CC1C(=O)CCC(C)C(=O)O[C@H]2[C@H]3[C@@H](OC(C)=O)[C@@]45O[C@@]3(C)COC(=O)c3cnccc3C(C)C(C)(O)C(=O)O[C@@H]([C@H](OC(C)=O)[C@H](OC(C)=O)[C@@]4(COC1=O)[C@@H]2OC(C)=O)[C@@]5(C)O. The van der Waals surface area contributed by atoms with Crippen molar-refractivity contribution in [2.24, 2.45) is 23.2 Å². The fourth-order valence-corrected chi connectivity index (χ4v) is 10.6. The summed E-state index contributed by atoms with van der Waals surface area (Å²) in [6.45, 7) is 7.30. The molecule has 4 unspecified atom stereocenters. The number of cyclic esters (lactones) is 2. The van der Waals surface area contributed by atoms with Gasteiger partial charge in [0, 0.05) is 52.4 Å². The second-order valence-corrected chi connectivity index (χ2v) is 18.5. The van der Waals surface area contributed by atoms with Crippen LogP contribution in [0.2, 0.25) is 0 Å². The van der Waals surface area contributed by atoms with Gasteiger partial charge in [0.1, 0.15) is 53.7 Å². The molecule has 0 radical (unpaired) electrons. The van der Waals surface area contributed by atoms with Crippen LogP contribution in [0.3, 0.4) is 0 Å². The molecule has 372 valence electrons. The topological polar surface area (TPSA) is 316 Å². The normalized spacial score (nSPS) is 39.3. The van der Waals surface area contributed by atoms with Gasteiger partial charge in [-0.15, -0.1) is 0 Å². The van der Waals surface area contributed by atoms with Gasteiger partial charge < -0.3 is 57.6 Å². The van der Waals surface area contributed by atoms with Crippen LogP contribution >= 0.6 is 0 Å². The molecular weight excluding hydrogens is 906 g/mol. The van der Waals surface area contributed by atoms with Gasteiger partial charge >= 0.3 is 53.7 Å². The van der Waals surface area contributed by atoms with Gasteiger partial charge in [0.15, 0.2) is 35.6 Å². The summed E-state index contributed by atoms with van der Waals surface area (Å²) < 4.78 is 60.1. The quantitative estimate of drug-likeness (QED) is 0.220. The molecule has 1 aromatic heterocycles. The standard InChI is InChI=1S/C45H55NO22/c1-19-11-12-28(51)26(15-29(52)59-10)38(54)61-18-44-35(64-23(5)49)31(66-37(19)53)30-33(63-22(4)48)45(44)43(9,58)34(32(62-21(3)47)36(44)65-24(6)50)67-40(56)42(8,57)20(2)25-13-14-46-16-27(25)39(55)60-17-41(30,7)68-45/h13-14,16,19-20,26,30-36,57-58H,11-12,15,17-18H2,1-10H3/t19?,20?,26?,30-,31-,32-,33+,34-,35+,36-,41-,42?,43+,44+,45-/m0/s1. The maximum atomic E-state index is 14.7. The molecule has 6 rings (SSSR count). The van der Waals surface area contributed by atoms with Gasteiger partial charge in [0.25, 0.3) is 0 Å². The molecule has 15 atom stereocenters. The Balaban J connectivity index is 1.82. The van der Waals surface area contributed by atoms with E-state index < -0.39 is 174 Å². The van der Waals surface area contributed by atoms with E-state index in [1.54, 1.807) is 0 Å². The number of aliphatic hydroxyl groups is 2. The molecule has 2 spiro atoms. The van der Waals surface area contributed by atoms with E-state index in [2.05, 4.69) is 4.98 Å². The van der Waals surface area contributed by atoms with Crippen molar-refractivity contribution in [1.82, 2.24) is 4.98 Å². The van der Waals surface area contributed by atoms with Crippen LogP contribution in [0.1, 0.15) is 103 Å². The van der Waals surface area contributed by atoms with E-state index in [-0.39, 0.29) is 17.5 Å². The predicted molar refractivity (Wildman–Crippen MR) is 219 cm³/mol. The molecule has 4 heterocycles. The minimum absolute atomic E-state index is 0.0150. The van der Waals surface area contributed by atoms with Gasteiger partial charge in [-0.25, -0.2) is 9.59 Å². The number of nitrogens with zero attached hydrogens (tertiary/aromatic N) is 1. The van der Waals surface area contributed by atoms with Crippen LogP contribution in [0.25, 0.3) is 0 Å². The maximum absolute atomic E-state index is 14.7. The lowest BCUT2D eigenvalue weighted by molar-refractivity contribution is -0.387. The van der Waals surface area contributed by atoms with E-state index in [0.717, 1.165) is 54.8 Å². The van der Waals surface area contributed by atoms with Crippen LogP contribution in [0.4, 0.5) is 0 Å². The summed E-state index contributed by atoms with van der Waals surface area (Å²) in [5, 5.41) is 25.8. The molecule has 23 heteroatoms. The van der Waals surface area contributed by atoms with Gasteiger partial charge in [0.2, 0.25) is 0 Å². The van der Waals surface area contributed by atoms with Crippen molar-refractivity contribution in [3.8, 4) is 0 Å². The van der Waals surface area contributed by atoms with Crippen molar-refractivity contribution in [1.29, 1.82) is 0 Å². The van der Waals surface area contributed by atoms with Gasteiger partial charge in [-0.2, -0.15) is 0 Å². The van der Waals surface area contributed by atoms with Gasteiger partial charge in [0.05, 0.1) is 30.9 Å². The van der Waals surface area contributed by atoms with E-state index in [9.17, 15) is 58.2 Å². The molecule has 23 nitrogen and oxygen atoms in total. The minimum Gasteiger partial charge on any atom is -0.469 e. The highest BCUT2D eigenvalue weighted by Crippen LogP contribution is 2.70. The van der Waals surface area contributed by atoms with Crippen molar-refractivity contribution >= 4 is 59.5 Å². The number of Topliss-reactive ketones (excluding diaryl/α,β-unsaturated/α-hetero) is 1. The highest BCUT2D eigenvalue weighted by molar-refractivity contribution is 6.01. The number of ether oxygens (including phenoxy) is 10. The zero-order valence-electron chi connectivity index (χ0n) is 39.0. The molecule has 0 amide bonds.